The van der Waals surface area contributed by atoms with Crippen LogP contribution in [0.15, 0.2) is 24.3 Å². The van der Waals surface area contributed by atoms with Gasteiger partial charge in [0.15, 0.2) is 0 Å². The highest BCUT2D eigenvalue weighted by Gasteiger charge is 2.15. The second-order valence-electron chi connectivity index (χ2n) is 4.81. The maximum atomic E-state index is 11.5. The molecule has 3 nitrogen and oxygen atoms in total. The molecule has 0 bridgehead atoms. The molecule has 0 saturated carbocycles. The number of benzene rings is 1. The first-order valence-electron chi connectivity index (χ1n) is 6.68. The van der Waals surface area contributed by atoms with Gasteiger partial charge in [-0.05, 0) is 55.9 Å². The van der Waals surface area contributed by atoms with Gasteiger partial charge in [0.2, 0.25) is 5.91 Å². The molecule has 2 rings (SSSR count). The fourth-order valence-corrected chi connectivity index (χ4v) is 2.42. The molecule has 4 heteroatoms. The monoisotopic (exact) mass is 243 g/mol. The number of hydrogen-bond donors (Lipinski definition) is 2. The van der Waals surface area contributed by atoms with Crippen LogP contribution in [0.4, 0.5) is 5.69 Å². The van der Waals surface area contributed by atoms with E-state index in [9.17, 15) is 4.79 Å². The van der Waals surface area contributed by atoms with E-state index in [1.165, 1.54) is 18.4 Å². The summed E-state index contributed by atoms with van der Waals surface area (Å²) in [7, 11) is 1.87. The molecule has 1 fully saturated rings. The van der Waals surface area contributed by atoms with Crippen LogP contribution in [0.5, 0.6) is 0 Å². The van der Waals surface area contributed by atoms with Crippen molar-refractivity contribution in [1.29, 1.82) is 0 Å². The van der Waals surface area contributed by atoms with Gasteiger partial charge in [-0.2, -0.15) is 0 Å². The second kappa shape index (κ2) is 6.59. The first-order valence-corrected chi connectivity index (χ1v) is 6.68. The molecule has 0 unspecified atom stereocenters. The Bertz CT molecular complexity index is 403. The zero-order valence-electron chi connectivity index (χ0n) is 10.9. The van der Waals surface area contributed by atoms with Crippen LogP contribution in [0.1, 0.15) is 24.3 Å². The molecule has 1 radical (unpaired) electrons. The zero-order valence-corrected chi connectivity index (χ0v) is 10.9. The second-order valence-corrected chi connectivity index (χ2v) is 4.81. The van der Waals surface area contributed by atoms with Crippen LogP contribution in [-0.2, 0) is 4.79 Å². The number of amides is 1. The van der Waals surface area contributed by atoms with Gasteiger partial charge in [0.1, 0.15) is 7.28 Å². The molecular weight excluding hydrogens is 223 g/mol. The highest BCUT2D eigenvalue weighted by atomic mass is 16.1. The minimum absolute atomic E-state index is 0.0555. The van der Waals surface area contributed by atoms with Crippen LogP contribution in [-0.4, -0.2) is 26.3 Å². The van der Waals surface area contributed by atoms with E-state index in [1.807, 2.05) is 26.2 Å². The van der Waals surface area contributed by atoms with Gasteiger partial charge in [-0.3, -0.25) is 4.79 Å². The third-order valence-corrected chi connectivity index (χ3v) is 3.37. The van der Waals surface area contributed by atoms with E-state index in [-0.39, 0.29) is 5.91 Å². The molecule has 1 aliphatic heterocycles. The minimum Gasteiger partial charge on any atom is -0.327 e. The molecule has 18 heavy (non-hydrogen) atoms. The molecule has 1 amide bonds. The van der Waals surface area contributed by atoms with Gasteiger partial charge in [0, 0.05) is 5.69 Å². The van der Waals surface area contributed by atoms with Crippen LogP contribution in [0.3, 0.4) is 0 Å². The van der Waals surface area contributed by atoms with E-state index >= 15 is 0 Å². The van der Waals surface area contributed by atoms with Crippen molar-refractivity contribution in [3.05, 3.63) is 29.8 Å². The molecular formula is C14H20BN2O. The highest BCUT2D eigenvalue weighted by molar-refractivity contribution is 6.40. The zero-order chi connectivity index (χ0) is 12.8. The average Bonchev–Trinajstić information content (AvgIpc) is 2.40. The van der Waals surface area contributed by atoms with Gasteiger partial charge in [-0.25, -0.2) is 0 Å². The Balaban J connectivity index is 2.02. The summed E-state index contributed by atoms with van der Waals surface area (Å²) in [5.74, 6) is 0.681. The Labute approximate surface area is 110 Å². The molecule has 0 atom stereocenters. The van der Waals surface area contributed by atoms with Crippen molar-refractivity contribution in [1.82, 2.24) is 5.32 Å². The predicted octanol–water partition coefficient (Wildman–Crippen LogP) is 2.26. The Morgan fingerprint density at radius 3 is 2.94 bits per heavy atom. The number of carbonyl (C=O) groups excluding carboxylic acids is 1. The van der Waals surface area contributed by atoms with Gasteiger partial charge in [-0.1, -0.05) is 19.0 Å². The lowest BCUT2D eigenvalue weighted by molar-refractivity contribution is -0.114. The van der Waals surface area contributed by atoms with Crippen molar-refractivity contribution in [2.75, 3.05) is 18.4 Å². The van der Waals surface area contributed by atoms with E-state index in [2.05, 4.69) is 22.8 Å². The number of carbonyl (C=O) groups is 1. The van der Waals surface area contributed by atoms with Crippen molar-refractivity contribution in [2.24, 2.45) is 0 Å². The van der Waals surface area contributed by atoms with Crippen molar-refractivity contribution < 1.29 is 4.79 Å². The fraction of sp³-hybridized carbons (Fsp3) is 0.500. The Morgan fingerprint density at radius 1 is 1.44 bits per heavy atom. The summed E-state index contributed by atoms with van der Waals surface area (Å²) in [6, 6.07) is 8.27. The van der Waals surface area contributed by atoms with Crippen LogP contribution in [0.2, 0.25) is 13.1 Å². The van der Waals surface area contributed by atoms with Crippen LogP contribution < -0.4 is 10.6 Å². The molecule has 95 valence electrons. The van der Waals surface area contributed by atoms with E-state index in [0.717, 1.165) is 18.8 Å². The van der Waals surface area contributed by atoms with Crippen molar-refractivity contribution in [3.63, 3.8) is 0 Å². The van der Waals surface area contributed by atoms with Crippen LogP contribution in [0, 0.1) is 0 Å². The maximum Gasteiger partial charge on any atom is 0.216 e. The number of anilines is 1. The predicted molar refractivity (Wildman–Crippen MR) is 76.3 cm³/mol. The largest absolute Gasteiger partial charge is 0.327 e. The minimum atomic E-state index is 0.0555. The first-order chi connectivity index (χ1) is 8.79. The van der Waals surface area contributed by atoms with Crippen LogP contribution >= 0.6 is 0 Å². The summed E-state index contributed by atoms with van der Waals surface area (Å²) in [5.41, 5.74) is 2.26. The van der Waals surface area contributed by atoms with E-state index in [0.29, 0.717) is 12.2 Å². The fourth-order valence-electron chi connectivity index (χ4n) is 2.42. The van der Waals surface area contributed by atoms with Crippen molar-refractivity contribution in [3.8, 4) is 0 Å². The van der Waals surface area contributed by atoms with Gasteiger partial charge < -0.3 is 10.6 Å². The van der Waals surface area contributed by atoms with Crippen molar-refractivity contribution in [2.45, 2.75) is 31.9 Å². The summed E-state index contributed by atoms with van der Waals surface area (Å²) < 4.78 is 0. The summed E-state index contributed by atoms with van der Waals surface area (Å²) in [6.07, 6.45) is 2.83. The normalized spacial score (nSPS) is 16.3. The Hall–Kier alpha value is -1.29. The van der Waals surface area contributed by atoms with E-state index < -0.39 is 0 Å². The van der Waals surface area contributed by atoms with Gasteiger partial charge >= 0.3 is 0 Å². The molecule has 0 spiro atoms. The SMILES string of the molecule is C[B]CC(=O)Nc1cccc(C2CCNCC2)c1. The summed E-state index contributed by atoms with van der Waals surface area (Å²) in [6.45, 7) is 4.07. The number of piperidine rings is 1. The third-order valence-electron chi connectivity index (χ3n) is 3.37. The lowest BCUT2D eigenvalue weighted by Crippen LogP contribution is -2.26. The molecule has 0 aliphatic carbocycles. The van der Waals surface area contributed by atoms with Crippen LogP contribution in [0.25, 0.3) is 0 Å². The maximum absolute atomic E-state index is 11.5. The topological polar surface area (TPSA) is 41.1 Å². The molecule has 2 N–H and O–H groups in total. The average molecular weight is 243 g/mol. The highest BCUT2D eigenvalue weighted by Crippen LogP contribution is 2.26. The Morgan fingerprint density at radius 2 is 2.22 bits per heavy atom. The number of nitrogens with one attached hydrogen (secondary N) is 2. The van der Waals surface area contributed by atoms with Crippen molar-refractivity contribution >= 4 is 18.9 Å². The summed E-state index contributed by atoms with van der Waals surface area (Å²) >= 11 is 0. The molecule has 1 heterocycles. The number of hydrogen-bond acceptors (Lipinski definition) is 2. The first kappa shape index (κ1) is 13.2. The number of rotatable bonds is 4. The lowest BCUT2D eigenvalue weighted by atomic mass is 9.78. The summed E-state index contributed by atoms with van der Waals surface area (Å²) in [5, 5.41) is 6.31. The summed E-state index contributed by atoms with van der Waals surface area (Å²) in [4.78, 5) is 11.5. The van der Waals surface area contributed by atoms with Gasteiger partial charge in [0.25, 0.3) is 0 Å². The Kier molecular flexibility index (Phi) is 4.82. The molecule has 1 aromatic carbocycles. The standard InChI is InChI=1S/C14H20BN2O/c1-15-10-14(18)17-13-4-2-3-12(9-13)11-5-7-16-8-6-11/h2-4,9,11,16H,5-8,10H2,1H3,(H,17,18). The van der Waals surface area contributed by atoms with Gasteiger partial charge in [-0.15, -0.1) is 0 Å². The van der Waals surface area contributed by atoms with E-state index in [1.54, 1.807) is 0 Å². The molecule has 0 aromatic heterocycles. The van der Waals surface area contributed by atoms with E-state index in [4.69, 9.17) is 0 Å². The molecule has 1 aliphatic rings. The molecule has 1 aromatic rings. The lowest BCUT2D eigenvalue weighted by Gasteiger charge is -2.23. The quantitative estimate of drug-likeness (QED) is 0.796. The van der Waals surface area contributed by atoms with Gasteiger partial charge in [0.05, 0.1) is 0 Å². The molecule has 1 saturated heterocycles. The smallest absolute Gasteiger partial charge is 0.216 e. The third kappa shape index (κ3) is 3.60.